The fourth-order valence-electron chi connectivity index (χ4n) is 3.97. The van der Waals surface area contributed by atoms with E-state index in [9.17, 15) is 14.9 Å². The number of hydrogen-bond acceptors (Lipinski definition) is 3. The van der Waals surface area contributed by atoms with E-state index in [1.807, 2.05) is 0 Å². The van der Waals surface area contributed by atoms with Crippen LogP contribution >= 0.6 is 0 Å². The van der Waals surface area contributed by atoms with Crippen LogP contribution in [-0.4, -0.2) is 29.3 Å². The number of non-ortho nitro benzene ring substituents is 1. The molecule has 0 bridgehead atoms. The maximum absolute atomic E-state index is 12.4. The van der Waals surface area contributed by atoms with E-state index in [4.69, 9.17) is 0 Å². The lowest BCUT2D eigenvalue weighted by Crippen LogP contribution is -2.27. The van der Waals surface area contributed by atoms with Crippen molar-refractivity contribution < 1.29 is 9.72 Å². The summed E-state index contributed by atoms with van der Waals surface area (Å²) in [6, 6.07) is 5.96. The molecular weight excluding hydrogens is 388 g/mol. The zero-order valence-corrected chi connectivity index (χ0v) is 19.9. The second-order valence-electron chi connectivity index (χ2n) is 8.84. The van der Waals surface area contributed by atoms with Crippen molar-refractivity contribution in [3.63, 3.8) is 0 Å². The van der Waals surface area contributed by atoms with Crippen LogP contribution in [0.3, 0.4) is 0 Å². The first kappa shape index (κ1) is 27.1. The van der Waals surface area contributed by atoms with Gasteiger partial charge in [0.2, 0.25) is 0 Å². The van der Waals surface area contributed by atoms with Gasteiger partial charge in [0.1, 0.15) is 0 Å². The van der Waals surface area contributed by atoms with Crippen LogP contribution < -0.4 is 0 Å². The molecule has 1 aromatic carbocycles. The van der Waals surface area contributed by atoms with Gasteiger partial charge in [-0.1, -0.05) is 109 Å². The van der Waals surface area contributed by atoms with Crippen LogP contribution in [-0.2, 0) is 0 Å². The van der Waals surface area contributed by atoms with Gasteiger partial charge in [0.25, 0.3) is 11.6 Å². The molecule has 5 nitrogen and oxygen atoms in total. The van der Waals surface area contributed by atoms with E-state index in [-0.39, 0.29) is 11.6 Å². The Morgan fingerprint density at radius 3 is 1.71 bits per heavy atom. The summed E-state index contributed by atoms with van der Waals surface area (Å²) in [5.74, 6) is -0.148. The Labute approximate surface area is 189 Å². The minimum Gasteiger partial charge on any atom is -0.342 e. The summed E-state index contributed by atoms with van der Waals surface area (Å²) >= 11 is 0. The lowest BCUT2D eigenvalue weighted by atomic mass is 10.0. The van der Waals surface area contributed by atoms with E-state index >= 15 is 0 Å². The molecule has 0 unspecified atom stereocenters. The number of carbonyl (C=O) groups is 1. The van der Waals surface area contributed by atoms with Crippen molar-refractivity contribution in [1.82, 2.24) is 4.90 Å². The van der Waals surface area contributed by atoms with Gasteiger partial charge < -0.3 is 4.90 Å². The van der Waals surface area contributed by atoms with Crippen molar-refractivity contribution >= 4 is 11.6 Å². The van der Waals surface area contributed by atoms with E-state index in [2.05, 4.69) is 6.92 Å². The molecule has 5 heteroatoms. The summed E-state index contributed by atoms with van der Waals surface area (Å²) < 4.78 is 0. The van der Waals surface area contributed by atoms with Crippen LogP contribution in [0.5, 0.6) is 0 Å². The maximum Gasteiger partial charge on any atom is 0.270 e. The molecule has 0 N–H and O–H groups in total. The quantitative estimate of drug-likeness (QED) is 0.127. The number of amides is 1. The lowest BCUT2D eigenvalue weighted by molar-refractivity contribution is -0.384. The normalized spacial score (nSPS) is 10.9. The standard InChI is InChI=1S/C26H44N2O3/c1-3-4-5-6-7-8-9-10-11-12-13-14-15-16-17-18-22-27(2)26(29)24-20-19-21-25(23-24)28(30)31/h19-21,23H,3-18,22H2,1-2H3. The molecule has 1 amide bonds. The Morgan fingerprint density at radius 2 is 1.26 bits per heavy atom. The van der Waals surface area contributed by atoms with Gasteiger partial charge in [0.05, 0.1) is 4.92 Å². The highest BCUT2D eigenvalue weighted by Crippen LogP contribution is 2.16. The smallest absolute Gasteiger partial charge is 0.270 e. The first-order valence-corrected chi connectivity index (χ1v) is 12.6. The third-order valence-electron chi connectivity index (χ3n) is 6.00. The van der Waals surface area contributed by atoms with Crippen molar-refractivity contribution in [1.29, 1.82) is 0 Å². The second-order valence-corrected chi connectivity index (χ2v) is 8.84. The average molecular weight is 433 g/mol. The number of carbonyl (C=O) groups excluding carboxylic acids is 1. The van der Waals surface area contributed by atoms with Crippen molar-refractivity contribution in [3.8, 4) is 0 Å². The van der Waals surface area contributed by atoms with Crippen LogP contribution in [0.25, 0.3) is 0 Å². The summed E-state index contributed by atoms with van der Waals surface area (Å²) in [5, 5.41) is 10.9. The van der Waals surface area contributed by atoms with E-state index < -0.39 is 4.92 Å². The van der Waals surface area contributed by atoms with Gasteiger partial charge >= 0.3 is 0 Å². The van der Waals surface area contributed by atoms with Crippen molar-refractivity contribution in [2.45, 2.75) is 110 Å². The Morgan fingerprint density at radius 1 is 0.806 bits per heavy atom. The molecule has 1 aromatic rings. The highest BCUT2D eigenvalue weighted by molar-refractivity contribution is 5.94. The molecule has 0 aliphatic heterocycles. The van der Waals surface area contributed by atoms with Gasteiger partial charge in [-0.25, -0.2) is 0 Å². The lowest BCUT2D eigenvalue weighted by Gasteiger charge is -2.17. The number of nitro groups is 1. The third-order valence-corrected chi connectivity index (χ3v) is 6.00. The second kappa shape index (κ2) is 17.7. The van der Waals surface area contributed by atoms with Gasteiger partial charge in [-0.3, -0.25) is 14.9 Å². The first-order valence-electron chi connectivity index (χ1n) is 12.6. The van der Waals surface area contributed by atoms with Gasteiger partial charge in [0, 0.05) is 31.3 Å². The summed E-state index contributed by atoms with van der Waals surface area (Å²) in [5.41, 5.74) is 0.342. The average Bonchev–Trinajstić information content (AvgIpc) is 2.78. The number of nitrogens with zero attached hydrogens (tertiary/aromatic N) is 2. The zero-order chi connectivity index (χ0) is 22.7. The number of hydrogen-bond donors (Lipinski definition) is 0. The van der Waals surface area contributed by atoms with E-state index in [1.165, 1.54) is 102 Å². The maximum atomic E-state index is 12.4. The Bertz CT molecular complexity index is 618. The highest BCUT2D eigenvalue weighted by Gasteiger charge is 2.14. The topological polar surface area (TPSA) is 63.5 Å². The summed E-state index contributed by atoms with van der Waals surface area (Å²) in [6.45, 7) is 2.96. The molecule has 0 saturated heterocycles. The Hall–Kier alpha value is -1.91. The third kappa shape index (κ3) is 13.2. The molecule has 176 valence electrons. The number of rotatable bonds is 19. The molecule has 0 aromatic heterocycles. The molecule has 31 heavy (non-hydrogen) atoms. The Kier molecular flexibility index (Phi) is 15.5. The van der Waals surface area contributed by atoms with Crippen molar-refractivity contribution in [2.24, 2.45) is 0 Å². The predicted molar refractivity (Wildman–Crippen MR) is 130 cm³/mol. The Balaban J connectivity index is 1.95. The fourth-order valence-corrected chi connectivity index (χ4v) is 3.97. The van der Waals surface area contributed by atoms with Crippen LogP contribution in [0.2, 0.25) is 0 Å². The number of benzene rings is 1. The monoisotopic (exact) mass is 432 g/mol. The van der Waals surface area contributed by atoms with Crippen LogP contribution in [0.15, 0.2) is 24.3 Å². The molecule has 0 aliphatic rings. The van der Waals surface area contributed by atoms with E-state index in [1.54, 1.807) is 24.1 Å². The summed E-state index contributed by atoms with van der Waals surface area (Å²) in [6.07, 6.45) is 21.3. The molecule has 0 spiro atoms. The van der Waals surface area contributed by atoms with Gasteiger partial charge in [0.15, 0.2) is 0 Å². The molecule has 0 fully saturated rings. The van der Waals surface area contributed by atoms with E-state index in [0.717, 1.165) is 12.8 Å². The van der Waals surface area contributed by atoms with Crippen molar-refractivity contribution in [2.75, 3.05) is 13.6 Å². The molecule has 1 rings (SSSR count). The minimum absolute atomic E-state index is 0.0401. The predicted octanol–water partition coefficient (Wildman–Crippen LogP) is 7.93. The largest absolute Gasteiger partial charge is 0.342 e. The molecule has 0 heterocycles. The molecular formula is C26H44N2O3. The fraction of sp³-hybridized carbons (Fsp3) is 0.731. The van der Waals surface area contributed by atoms with Crippen LogP contribution in [0, 0.1) is 10.1 Å². The van der Waals surface area contributed by atoms with Crippen LogP contribution in [0.1, 0.15) is 120 Å². The van der Waals surface area contributed by atoms with Crippen LogP contribution in [0.4, 0.5) is 5.69 Å². The number of unbranched alkanes of at least 4 members (excludes halogenated alkanes) is 15. The van der Waals surface area contributed by atoms with Crippen molar-refractivity contribution in [3.05, 3.63) is 39.9 Å². The molecule has 0 saturated carbocycles. The zero-order valence-electron chi connectivity index (χ0n) is 19.9. The van der Waals surface area contributed by atoms with Gasteiger partial charge in [-0.05, 0) is 12.5 Å². The number of nitro benzene ring substituents is 1. The van der Waals surface area contributed by atoms with Gasteiger partial charge in [-0.2, -0.15) is 0 Å². The summed E-state index contributed by atoms with van der Waals surface area (Å²) in [4.78, 5) is 24.5. The molecule has 0 radical (unpaired) electrons. The first-order chi connectivity index (χ1) is 15.1. The minimum atomic E-state index is -0.466. The summed E-state index contributed by atoms with van der Waals surface area (Å²) in [7, 11) is 1.77. The molecule has 0 aliphatic carbocycles. The molecule has 0 atom stereocenters. The SMILES string of the molecule is CCCCCCCCCCCCCCCCCCN(C)C(=O)c1cccc([N+](=O)[O-])c1. The van der Waals surface area contributed by atoms with Gasteiger partial charge in [-0.15, -0.1) is 0 Å². The highest BCUT2D eigenvalue weighted by atomic mass is 16.6. The van der Waals surface area contributed by atoms with E-state index in [0.29, 0.717) is 12.1 Å².